The van der Waals surface area contributed by atoms with Gasteiger partial charge in [0.05, 0.1) is 12.8 Å². The van der Waals surface area contributed by atoms with E-state index in [1.807, 2.05) is 0 Å². The Morgan fingerprint density at radius 2 is 1.78 bits per heavy atom. The number of ether oxygens (including phenoxy) is 1. The number of nitrogens with zero attached hydrogens (tertiary/aromatic N) is 1. The molecule has 2 amide bonds. The molecule has 2 rings (SSSR count). The van der Waals surface area contributed by atoms with E-state index in [1.165, 1.54) is 18.9 Å². The number of para-hydroxylation sites is 2. The second-order valence-corrected chi connectivity index (χ2v) is 5.27. The summed E-state index contributed by atoms with van der Waals surface area (Å²) in [6, 6.07) is 13.8. The highest BCUT2D eigenvalue weighted by atomic mass is 35.5. The Hall–Kier alpha value is -2.53. The Bertz CT molecular complexity index is 701. The van der Waals surface area contributed by atoms with E-state index in [4.69, 9.17) is 16.3 Å². The minimum absolute atomic E-state index is 0.113. The van der Waals surface area contributed by atoms with Gasteiger partial charge >= 0.3 is 0 Å². The molecule has 0 bridgehead atoms. The van der Waals surface area contributed by atoms with Crippen LogP contribution in [0.3, 0.4) is 0 Å². The van der Waals surface area contributed by atoms with E-state index in [2.05, 4.69) is 5.32 Å². The molecule has 0 aliphatic heterocycles. The van der Waals surface area contributed by atoms with Gasteiger partial charge in [-0.1, -0.05) is 23.7 Å². The van der Waals surface area contributed by atoms with Gasteiger partial charge in [-0.3, -0.25) is 14.5 Å². The molecule has 2 aromatic rings. The predicted octanol–water partition coefficient (Wildman–Crippen LogP) is 3.34. The summed E-state index contributed by atoms with van der Waals surface area (Å²) >= 11 is 5.81. The molecule has 0 aliphatic carbocycles. The number of methoxy groups -OCH3 is 1. The van der Waals surface area contributed by atoms with Gasteiger partial charge in [0.2, 0.25) is 11.8 Å². The lowest BCUT2D eigenvalue weighted by molar-refractivity contribution is -0.120. The molecule has 0 fully saturated rings. The quantitative estimate of drug-likeness (QED) is 0.913. The van der Waals surface area contributed by atoms with Crippen molar-refractivity contribution in [3.05, 3.63) is 53.6 Å². The predicted molar refractivity (Wildman–Crippen MR) is 91.1 cm³/mol. The van der Waals surface area contributed by atoms with Gasteiger partial charge in [0.1, 0.15) is 12.3 Å². The fourth-order valence-electron chi connectivity index (χ4n) is 2.10. The Kier molecular flexibility index (Phi) is 5.60. The van der Waals surface area contributed by atoms with E-state index < -0.39 is 0 Å². The normalized spacial score (nSPS) is 10.0. The van der Waals surface area contributed by atoms with Gasteiger partial charge in [-0.15, -0.1) is 0 Å². The van der Waals surface area contributed by atoms with Crippen molar-refractivity contribution >= 4 is 34.8 Å². The van der Waals surface area contributed by atoms with Gasteiger partial charge in [0.25, 0.3) is 0 Å². The first-order valence-corrected chi connectivity index (χ1v) is 7.35. The highest BCUT2D eigenvalue weighted by molar-refractivity contribution is 6.30. The second kappa shape index (κ2) is 7.65. The van der Waals surface area contributed by atoms with Crippen molar-refractivity contribution in [3.8, 4) is 5.75 Å². The minimum atomic E-state index is -0.312. The van der Waals surface area contributed by atoms with Crippen LogP contribution in [0, 0.1) is 0 Å². The Morgan fingerprint density at radius 3 is 2.39 bits per heavy atom. The molecule has 0 heterocycles. The summed E-state index contributed by atoms with van der Waals surface area (Å²) in [6.45, 7) is 1.29. The van der Waals surface area contributed by atoms with E-state index in [0.29, 0.717) is 22.1 Å². The Labute approximate surface area is 139 Å². The molecule has 0 unspecified atom stereocenters. The summed E-state index contributed by atoms with van der Waals surface area (Å²) in [7, 11) is 1.52. The molecule has 120 valence electrons. The molecule has 1 N–H and O–H groups in total. The number of halogens is 1. The molecule has 0 aromatic heterocycles. The first kappa shape index (κ1) is 16.8. The third-order valence-electron chi connectivity index (χ3n) is 3.19. The monoisotopic (exact) mass is 332 g/mol. The number of anilines is 2. The van der Waals surface area contributed by atoms with E-state index in [0.717, 1.165) is 0 Å². The summed E-state index contributed by atoms with van der Waals surface area (Å²) in [5.74, 6) is -0.0313. The number of rotatable bonds is 5. The molecule has 0 aliphatic rings. The average molecular weight is 333 g/mol. The van der Waals surface area contributed by atoms with Crippen LogP contribution in [-0.2, 0) is 9.59 Å². The van der Waals surface area contributed by atoms with Crippen LogP contribution in [0.2, 0.25) is 5.02 Å². The topological polar surface area (TPSA) is 58.6 Å². The lowest BCUT2D eigenvalue weighted by Crippen LogP contribution is -2.36. The Balaban J connectivity index is 2.14. The number of hydrogen-bond donors (Lipinski definition) is 1. The minimum Gasteiger partial charge on any atom is -0.495 e. The van der Waals surface area contributed by atoms with Gasteiger partial charge in [-0.05, 0) is 36.4 Å². The van der Waals surface area contributed by atoms with Crippen molar-refractivity contribution in [1.82, 2.24) is 0 Å². The number of nitrogens with one attached hydrogen (secondary N) is 1. The molecule has 5 nitrogen and oxygen atoms in total. The largest absolute Gasteiger partial charge is 0.495 e. The van der Waals surface area contributed by atoms with Crippen LogP contribution in [0.25, 0.3) is 0 Å². The molecule has 23 heavy (non-hydrogen) atoms. The first-order valence-electron chi connectivity index (χ1n) is 6.98. The highest BCUT2D eigenvalue weighted by Gasteiger charge is 2.19. The van der Waals surface area contributed by atoms with Crippen molar-refractivity contribution < 1.29 is 14.3 Å². The zero-order valence-electron chi connectivity index (χ0n) is 12.9. The van der Waals surface area contributed by atoms with Crippen molar-refractivity contribution in [2.24, 2.45) is 0 Å². The maximum atomic E-state index is 12.2. The molecule has 0 atom stereocenters. The number of amides is 2. The second-order valence-electron chi connectivity index (χ2n) is 4.83. The van der Waals surface area contributed by atoms with Gasteiger partial charge in [0.15, 0.2) is 0 Å². The Morgan fingerprint density at radius 1 is 1.13 bits per heavy atom. The molecular weight excluding hydrogens is 316 g/mol. The first-order chi connectivity index (χ1) is 11.0. The number of hydrogen-bond acceptors (Lipinski definition) is 3. The van der Waals surface area contributed by atoms with Crippen LogP contribution < -0.4 is 15.0 Å². The average Bonchev–Trinajstić information content (AvgIpc) is 2.54. The molecule has 0 spiro atoms. The number of benzene rings is 2. The zero-order valence-corrected chi connectivity index (χ0v) is 13.6. The van der Waals surface area contributed by atoms with Gasteiger partial charge < -0.3 is 10.1 Å². The molecule has 2 aromatic carbocycles. The maximum absolute atomic E-state index is 12.2. The molecular formula is C17H17ClN2O3. The van der Waals surface area contributed by atoms with E-state index in [1.54, 1.807) is 48.5 Å². The van der Waals surface area contributed by atoms with Gasteiger partial charge in [-0.25, -0.2) is 0 Å². The van der Waals surface area contributed by atoms with Crippen LogP contribution in [0.1, 0.15) is 6.92 Å². The van der Waals surface area contributed by atoms with Crippen LogP contribution in [0.4, 0.5) is 11.4 Å². The summed E-state index contributed by atoms with van der Waals surface area (Å²) in [6.07, 6.45) is 0. The standard InChI is InChI=1S/C17H17ClN2O3/c1-12(21)20(15-5-3-4-6-16(15)23-2)11-17(22)19-14-9-7-13(18)8-10-14/h3-10H,11H2,1-2H3,(H,19,22). The third-order valence-corrected chi connectivity index (χ3v) is 3.44. The third kappa shape index (κ3) is 4.47. The van der Waals surface area contributed by atoms with Crippen molar-refractivity contribution in [2.45, 2.75) is 6.92 Å². The van der Waals surface area contributed by atoms with Crippen LogP contribution >= 0.6 is 11.6 Å². The SMILES string of the molecule is COc1ccccc1N(CC(=O)Nc1ccc(Cl)cc1)C(C)=O. The van der Waals surface area contributed by atoms with Gasteiger partial charge in [-0.2, -0.15) is 0 Å². The van der Waals surface area contributed by atoms with E-state index in [9.17, 15) is 9.59 Å². The molecule has 0 saturated heterocycles. The number of carbonyl (C=O) groups excluding carboxylic acids is 2. The van der Waals surface area contributed by atoms with Crippen LogP contribution in [0.15, 0.2) is 48.5 Å². The number of carbonyl (C=O) groups is 2. The fourth-order valence-corrected chi connectivity index (χ4v) is 2.22. The zero-order chi connectivity index (χ0) is 16.8. The smallest absolute Gasteiger partial charge is 0.244 e. The molecule has 6 heteroatoms. The van der Waals surface area contributed by atoms with Crippen LogP contribution in [0.5, 0.6) is 5.75 Å². The van der Waals surface area contributed by atoms with E-state index in [-0.39, 0.29) is 18.4 Å². The summed E-state index contributed by atoms with van der Waals surface area (Å²) in [5, 5.41) is 3.31. The fraction of sp³-hybridized carbons (Fsp3) is 0.176. The lowest BCUT2D eigenvalue weighted by atomic mass is 10.2. The van der Waals surface area contributed by atoms with Crippen molar-refractivity contribution in [1.29, 1.82) is 0 Å². The van der Waals surface area contributed by atoms with Gasteiger partial charge in [0, 0.05) is 17.6 Å². The van der Waals surface area contributed by atoms with Crippen LogP contribution in [-0.4, -0.2) is 25.5 Å². The molecule has 0 radical (unpaired) electrons. The lowest BCUT2D eigenvalue weighted by Gasteiger charge is -2.22. The summed E-state index contributed by atoms with van der Waals surface area (Å²) in [4.78, 5) is 25.5. The van der Waals surface area contributed by atoms with Crippen molar-refractivity contribution in [2.75, 3.05) is 23.9 Å². The molecule has 0 saturated carbocycles. The summed E-state index contributed by atoms with van der Waals surface area (Å²) in [5.41, 5.74) is 1.16. The van der Waals surface area contributed by atoms with E-state index >= 15 is 0 Å². The van der Waals surface area contributed by atoms with Crippen molar-refractivity contribution in [3.63, 3.8) is 0 Å². The summed E-state index contributed by atoms with van der Waals surface area (Å²) < 4.78 is 5.25. The highest BCUT2D eigenvalue weighted by Crippen LogP contribution is 2.27. The maximum Gasteiger partial charge on any atom is 0.244 e.